The van der Waals surface area contributed by atoms with Crippen molar-refractivity contribution < 1.29 is 9.22 Å². The van der Waals surface area contributed by atoms with Crippen LogP contribution >= 0.6 is 8.07 Å². The van der Waals surface area contributed by atoms with Crippen LogP contribution in [-0.2, 0) is 4.43 Å². The zero-order valence-electron chi connectivity index (χ0n) is 21.7. The van der Waals surface area contributed by atoms with Crippen molar-refractivity contribution in [3.8, 4) is 0 Å². The minimum Gasteiger partial charge on any atom is -0.544 e. The Labute approximate surface area is 201 Å². The van der Waals surface area contributed by atoms with Crippen molar-refractivity contribution in [2.24, 2.45) is 20.7 Å². The van der Waals surface area contributed by atoms with E-state index < -0.39 is 16.4 Å². The molecule has 0 bridgehead atoms. The van der Waals surface area contributed by atoms with E-state index in [1.807, 2.05) is 37.3 Å². The number of carbonyl (C=O) groups is 1. The molecule has 6 nitrogen and oxygen atoms in total. The first kappa shape index (κ1) is 25.8. The van der Waals surface area contributed by atoms with Crippen molar-refractivity contribution in [3.63, 3.8) is 0 Å². The molecule has 0 spiro atoms. The number of allylic oxidation sites excluding steroid dienone is 1. The monoisotopic (exact) mass is 486 g/mol. The molecular weight excluding hydrogens is 447 g/mol. The van der Waals surface area contributed by atoms with Gasteiger partial charge in [-0.3, -0.25) is 4.79 Å². The van der Waals surface area contributed by atoms with Gasteiger partial charge in [0.25, 0.3) is 14.2 Å². The van der Waals surface area contributed by atoms with Crippen LogP contribution in [0.5, 0.6) is 0 Å². The van der Waals surface area contributed by atoms with E-state index in [-0.39, 0.29) is 17.1 Å². The topological polar surface area (TPSA) is 66.6 Å². The number of amides is 1. The summed E-state index contributed by atoms with van der Waals surface area (Å²) in [5.41, 5.74) is 3.28. The van der Waals surface area contributed by atoms with Gasteiger partial charge in [-0.05, 0) is 35.7 Å². The van der Waals surface area contributed by atoms with E-state index in [1.165, 1.54) is 0 Å². The van der Waals surface area contributed by atoms with Crippen molar-refractivity contribution >= 4 is 28.0 Å². The first-order chi connectivity index (χ1) is 15.3. The molecule has 2 atom stereocenters. The summed E-state index contributed by atoms with van der Waals surface area (Å²) >= 11 is 0. The summed E-state index contributed by atoms with van der Waals surface area (Å²) in [6.45, 7) is 22.2. The largest absolute Gasteiger partial charge is 0.544 e. The number of hydrazone groups is 1. The summed E-state index contributed by atoms with van der Waals surface area (Å²) in [6, 6.07) is 9.33. The molecule has 0 aliphatic carbocycles. The van der Waals surface area contributed by atoms with E-state index in [0.717, 1.165) is 16.9 Å². The molecule has 0 saturated heterocycles. The Hall–Kier alpha value is -1.85. The average Bonchev–Trinajstić information content (AvgIpc) is 3.28. The third kappa shape index (κ3) is 4.59. The first-order valence-electron chi connectivity index (χ1n) is 11.9. The van der Waals surface area contributed by atoms with Crippen LogP contribution in [0.25, 0.3) is 0 Å². The molecule has 1 aromatic rings. The molecule has 180 valence electrons. The lowest BCUT2D eigenvalue weighted by atomic mass is 9.94. The number of hydrogen-bond donors (Lipinski definition) is 0. The summed E-state index contributed by atoms with van der Waals surface area (Å²) in [5.74, 6) is 0.580. The Morgan fingerprint density at radius 1 is 1.03 bits per heavy atom. The Bertz CT molecular complexity index is 958. The van der Waals surface area contributed by atoms with Gasteiger partial charge in [0.05, 0.1) is 5.71 Å². The maximum absolute atomic E-state index is 13.5. The van der Waals surface area contributed by atoms with Crippen LogP contribution in [0.15, 0.2) is 56.9 Å². The van der Waals surface area contributed by atoms with E-state index in [1.54, 1.807) is 4.78 Å². The molecule has 1 aromatic carbocycles. The number of nitrogens with zero attached hydrogens (tertiary/aromatic N) is 4. The second-order valence-corrected chi connectivity index (χ2v) is 18.3. The smallest absolute Gasteiger partial charge is 0.277 e. The molecule has 0 fully saturated rings. The number of hydrogen-bond acceptors (Lipinski definition) is 5. The van der Waals surface area contributed by atoms with Gasteiger partial charge in [-0.2, -0.15) is 15.0 Å². The average molecular weight is 487 g/mol. The fourth-order valence-electron chi connectivity index (χ4n) is 5.08. The number of carbonyl (C=O) groups excluding carboxylic acids is 1. The molecule has 2 aliphatic heterocycles. The predicted octanol–water partition coefficient (Wildman–Crippen LogP) is 8.11. The van der Waals surface area contributed by atoms with Crippen LogP contribution in [0.1, 0.15) is 79.6 Å². The lowest BCUT2D eigenvalue weighted by Gasteiger charge is -2.45. The fourth-order valence-corrected chi connectivity index (χ4v) is 13.1. The molecule has 0 saturated carbocycles. The second-order valence-electron chi connectivity index (χ2n) is 11.0. The highest BCUT2D eigenvalue weighted by atomic mass is 31.1. The third-order valence-electron chi connectivity index (χ3n) is 6.61. The Morgan fingerprint density at radius 2 is 1.58 bits per heavy atom. The SMILES string of the molecule is CC1=NN(C(=O)c2ccccc2)[P@]2/C(=C(/O[Si](C(C)C)(C(C)C)C(C)C)C(C)(C)C)N=N[C@@H]12. The van der Waals surface area contributed by atoms with Gasteiger partial charge in [0.1, 0.15) is 19.3 Å². The van der Waals surface area contributed by atoms with Gasteiger partial charge in [-0.25, -0.2) is 0 Å². The number of rotatable bonds is 6. The summed E-state index contributed by atoms with van der Waals surface area (Å²) in [6.07, 6.45) is 0. The highest BCUT2D eigenvalue weighted by Crippen LogP contribution is 2.65. The summed E-state index contributed by atoms with van der Waals surface area (Å²) in [4.78, 5) is 13.5. The Morgan fingerprint density at radius 3 is 2.06 bits per heavy atom. The normalized spacial score (nSPS) is 22.3. The summed E-state index contributed by atoms with van der Waals surface area (Å²) < 4.78 is 8.88. The van der Waals surface area contributed by atoms with Crippen LogP contribution in [0.4, 0.5) is 0 Å². The number of azo groups is 1. The minimum atomic E-state index is -2.23. The van der Waals surface area contributed by atoms with E-state index in [9.17, 15) is 4.79 Å². The zero-order valence-corrected chi connectivity index (χ0v) is 23.6. The van der Waals surface area contributed by atoms with Crippen LogP contribution in [0, 0.1) is 5.41 Å². The fraction of sp³-hybridized carbons (Fsp3) is 0.600. The molecule has 2 heterocycles. The summed E-state index contributed by atoms with van der Waals surface area (Å²) in [5, 5.41) is 13.9. The Balaban J connectivity index is 2.14. The molecule has 33 heavy (non-hydrogen) atoms. The van der Waals surface area contributed by atoms with Gasteiger partial charge in [0.15, 0.2) is 5.78 Å². The van der Waals surface area contributed by atoms with Crippen LogP contribution < -0.4 is 0 Å². The van der Waals surface area contributed by atoms with Crippen molar-refractivity contribution in [1.29, 1.82) is 0 Å². The molecule has 0 radical (unpaired) electrons. The first-order valence-corrected chi connectivity index (χ1v) is 15.4. The minimum absolute atomic E-state index is 0.110. The molecule has 0 unspecified atom stereocenters. The molecule has 0 aromatic heterocycles. The van der Waals surface area contributed by atoms with Crippen molar-refractivity contribution in [3.05, 3.63) is 47.1 Å². The molecule has 0 N–H and O–H groups in total. The molecule has 8 heteroatoms. The van der Waals surface area contributed by atoms with Crippen LogP contribution in [0.2, 0.25) is 16.6 Å². The molecular formula is C25H39N4O2PSi. The third-order valence-corrected chi connectivity index (χ3v) is 14.9. The Kier molecular flexibility index (Phi) is 7.35. The maximum atomic E-state index is 13.5. The predicted molar refractivity (Wildman–Crippen MR) is 140 cm³/mol. The second kappa shape index (κ2) is 9.42. The van der Waals surface area contributed by atoms with Crippen molar-refractivity contribution in [1.82, 2.24) is 4.78 Å². The quantitative estimate of drug-likeness (QED) is 0.231. The van der Waals surface area contributed by atoms with Crippen LogP contribution in [-0.4, -0.2) is 30.5 Å². The number of fused-ring (bicyclic) bond motifs is 1. The van der Waals surface area contributed by atoms with Crippen molar-refractivity contribution in [2.45, 2.75) is 91.6 Å². The lowest BCUT2D eigenvalue weighted by molar-refractivity contribution is 0.0871. The van der Waals surface area contributed by atoms with E-state index in [2.05, 4.69) is 77.6 Å². The highest BCUT2D eigenvalue weighted by molar-refractivity contribution is 7.62. The van der Waals surface area contributed by atoms with E-state index in [0.29, 0.717) is 22.2 Å². The zero-order chi connectivity index (χ0) is 24.7. The number of benzene rings is 1. The van der Waals surface area contributed by atoms with E-state index >= 15 is 0 Å². The lowest BCUT2D eigenvalue weighted by Crippen LogP contribution is -2.48. The van der Waals surface area contributed by atoms with Gasteiger partial charge in [-0.1, -0.05) is 80.5 Å². The van der Waals surface area contributed by atoms with Gasteiger partial charge in [0, 0.05) is 11.0 Å². The molecule has 2 aliphatic rings. The van der Waals surface area contributed by atoms with Crippen molar-refractivity contribution in [2.75, 3.05) is 0 Å². The van der Waals surface area contributed by atoms with Gasteiger partial charge in [-0.15, -0.1) is 5.11 Å². The van der Waals surface area contributed by atoms with Gasteiger partial charge >= 0.3 is 0 Å². The summed E-state index contributed by atoms with van der Waals surface area (Å²) in [7, 11) is -3.45. The van der Waals surface area contributed by atoms with Gasteiger partial charge in [0.2, 0.25) is 0 Å². The molecule has 3 rings (SSSR count). The van der Waals surface area contributed by atoms with E-state index in [4.69, 9.17) is 4.43 Å². The maximum Gasteiger partial charge on any atom is 0.277 e. The standard InChI is InChI=1S/C25H39N4O2PSi/c1-16(2)33(17(3)4,18(5)6)31-21(25(8,9)10)23-27-26-22-19(7)28-29(32(22)23)24(30)20-14-12-11-13-15-20/h11-18,22H,1-10H3/b23-21+/t22-,32+/m1/s1. The van der Waals surface area contributed by atoms with Gasteiger partial charge < -0.3 is 4.43 Å². The highest BCUT2D eigenvalue weighted by Gasteiger charge is 2.52. The van der Waals surface area contributed by atoms with Crippen LogP contribution in [0.3, 0.4) is 0 Å². The molecule has 1 amide bonds.